The summed E-state index contributed by atoms with van der Waals surface area (Å²) >= 11 is 0. The molecule has 68 valence electrons. The highest BCUT2D eigenvalue weighted by Crippen LogP contribution is 1.87. The Balaban J connectivity index is 2.24. The van der Waals surface area contributed by atoms with Crippen LogP contribution in [0.5, 0.6) is 0 Å². The monoisotopic (exact) mass is 178 g/mol. The topological polar surface area (TPSA) is 70.7 Å². The molecule has 5 heteroatoms. The van der Waals surface area contributed by atoms with Gasteiger partial charge >= 0.3 is 0 Å². The van der Waals surface area contributed by atoms with Crippen LogP contribution < -0.4 is 5.32 Å². The molecule has 0 aromatic carbocycles. The highest BCUT2D eigenvalue weighted by Gasteiger charge is 2.05. The van der Waals surface area contributed by atoms with Crippen LogP contribution in [0.1, 0.15) is 23.5 Å². The van der Waals surface area contributed by atoms with Crippen molar-refractivity contribution >= 4 is 5.91 Å². The van der Waals surface area contributed by atoms with Gasteiger partial charge in [-0.15, -0.1) is 12.3 Å². The van der Waals surface area contributed by atoms with Gasteiger partial charge in [0.25, 0.3) is 5.91 Å². The molecule has 1 aromatic rings. The van der Waals surface area contributed by atoms with E-state index in [-0.39, 0.29) is 11.7 Å². The van der Waals surface area contributed by atoms with Crippen molar-refractivity contribution in [3.63, 3.8) is 0 Å². The molecule has 0 bridgehead atoms. The Morgan fingerprint density at radius 1 is 1.77 bits per heavy atom. The summed E-state index contributed by atoms with van der Waals surface area (Å²) in [5.74, 6) is 2.46. The Kier molecular flexibility index (Phi) is 3.51. The van der Waals surface area contributed by atoms with E-state index in [1.807, 2.05) is 0 Å². The van der Waals surface area contributed by atoms with Crippen molar-refractivity contribution in [2.24, 2.45) is 0 Å². The van der Waals surface area contributed by atoms with Gasteiger partial charge < -0.3 is 5.32 Å². The lowest BCUT2D eigenvalue weighted by atomic mass is 10.3. The summed E-state index contributed by atoms with van der Waals surface area (Å²) in [5.41, 5.74) is 0. The van der Waals surface area contributed by atoms with E-state index in [1.165, 1.54) is 6.33 Å². The minimum absolute atomic E-state index is 0.223. The minimum Gasteiger partial charge on any atom is -0.349 e. The van der Waals surface area contributed by atoms with Crippen LogP contribution in [-0.4, -0.2) is 27.6 Å². The van der Waals surface area contributed by atoms with Crippen LogP contribution in [0.3, 0.4) is 0 Å². The molecule has 0 aliphatic carbocycles. The normalized spacial score (nSPS) is 9.15. The Morgan fingerprint density at radius 2 is 2.62 bits per heavy atom. The molecule has 0 atom stereocenters. The molecule has 13 heavy (non-hydrogen) atoms. The smallest absolute Gasteiger partial charge is 0.288 e. The fourth-order valence-electron chi connectivity index (χ4n) is 0.791. The minimum atomic E-state index is -0.255. The van der Waals surface area contributed by atoms with Crippen molar-refractivity contribution in [2.75, 3.05) is 6.54 Å². The van der Waals surface area contributed by atoms with Gasteiger partial charge in [-0.1, -0.05) is 0 Å². The molecule has 0 unspecified atom stereocenters. The molecule has 1 rings (SSSR count). The number of terminal acetylenes is 1. The first kappa shape index (κ1) is 9.26. The molecule has 0 aliphatic heterocycles. The second kappa shape index (κ2) is 4.93. The average molecular weight is 178 g/mol. The van der Waals surface area contributed by atoms with E-state index < -0.39 is 0 Å². The first-order chi connectivity index (χ1) is 6.34. The van der Waals surface area contributed by atoms with Gasteiger partial charge in [-0.3, -0.25) is 9.89 Å². The van der Waals surface area contributed by atoms with Crippen LogP contribution in [0.2, 0.25) is 0 Å². The van der Waals surface area contributed by atoms with E-state index in [9.17, 15) is 4.79 Å². The number of hydrogen-bond acceptors (Lipinski definition) is 3. The van der Waals surface area contributed by atoms with E-state index in [2.05, 4.69) is 26.4 Å². The number of carbonyl (C=O) groups excluding carboxylic acids is 1. The largest absolute Gasteiger partial charge is 0.349 e. The molecular weight excluding hydrogens is 168 g/mol. The van der Waals surface area contributed by atoms with Gasteiger partial charge in [0.1, 0.15) is 6.33 Å². The highest BCUT2D eigenvalue weighted by molar-refractivity contribution is 5.90. The number of aromatic nitrogens is 3. The summed E-state index contributed by atoms with van der Waals surface area (Å²) < 4.78 is 0. The molecule has 1 amide bonds. The van der Waals surface area contributed by atoms with Crippen LogP contribution >= 0.6 is 0 Å². The number of H-pyrrole nitrogens is 1. The third kappa shape index (κ3) is 2.95. The number of nitrogens with zero attached hydrogens (tertiary/aromatic N) is 2. The maximum absolute atomic E-state index is 11.2. The van der Waals surface area contributed by atoms with Gasteiger partial charge in [-0.25, -0.2) is 4.98 Å². The second-order valence-electron chi connectivity index (χ2n) is 2.40. The average Bonchev–Trinajstić information content (AvgIpc) is 2.65. The Bertz CT molecular complexity index is 298. The van der Waals surface area contributed by atoms with Gasteiger partial charge in [0.05, 0.1) is 0 Å². The summed E-state index contributed by atoms with van der Waals surface area (Å²) in [5, 5.41) is 8.67. The molecule has 1 aromatic heterocycles. The highest BCUT2D eigenvalue weighted by atomic mass is 16.2. The van der Waals surface area contributed by atoms with Crippen molar-refractivity contribution in [1.82, 2.24) is 20.5 Å². The number of unbranched alkanes of at least 4 members (excludes halogenated alkanes) is 1. The summed E-state index contributed by atoms with van der Waals surface area (Å²) in [6.07, 6.45) is 7.77. The number of amides is 1. The zero-order chi connectivity index (χ0) is 9.52. The Morgan fingerprint density at radius 3 is 3.23 bits per heavy atom. The molecule has 1 heterocycles. The summed E-state index contributed by atoms with van der Waals surface area (Å²) in [7, 11) is 0. The lowest BCUT2D eigenvalue weighted by molar-refractivity contribution is 0.0943. The lowest BCUT2D eigenvalue weighted by Crippen LogP contribution is -2.25. The van der Waals surface area contributed by atoms with E-state index in [0.29, 0.717) is 13.0 Å². The van der Waals surface area contributed by atoms with Crippen molar-refractivity contribution in [2.45, 2.75) is 12.8 Å². The number of carbonyl (C=O) groups is 1. The van der Waals surface area contributed by atoms with Crippen molar-refractivity contribution in [3.05, 3.63) is 12.2 Å². The standard InChI is InChI=1S/C8H10N4O/c1-2-3-4-5-9-8(13)7-10-6-11-12-7/h1,6H,3-5H2,(H,9,13)(H,10,11,12). The van der Waals surface area contributed by atoms with Gasteiger partial charge in [0.2, 0.25) is 5.82 Å². The van der Waals surface area contributed by atoms with Crippen molar-refractivity contribution in [1.29, 1.82) is 0 Å². The number of hydrogen-bond donors (Lipinski definition) is 2. The van der Waals surface area contributed by atoms with Crippen LogP contribution in [-0.2, 0) is 0 Å². The molecule has 0 radical (unpaired) electrons. The molecule has 0 saturated heterocycles. The predicted molar refractivity (Wildman–Crippen MR) is 46.8 cm³/mol. The first-order valence-corrected chi connectivity index (χ1v) is 3.91. The fraction of sp³-hybridized carbons (Fsp3) is 0.375. The third-order valence-corrected chi connectivity index (χ3v) is 1.41. The maximum Gasteiger partial charge on any atom is 0.288 e. The SMILES string of the molecule is C#CCCCNC(=O)c1ncn[nH]1. The van der Waals surface area contributed by atoms with Crippen LogP contribution in [0.4, 0.5) is 0 Å². The van der Waals surface area contributed by atoms with Crippen LogP contribution in [0.25, 0.3) is 0 Å². The number of rotatable bonds is 4. The zero-order valence-corrected chi connectivity index (χ0v) is 7.08. The Hall–Kier alpha value is -1.83. The molecule has 0 spiro atoms. The maximum atomic E-state index is 11.2. The molecule has 0 saturated carbocycles. The van der Waals surface area contributed by atoms with Gasteiger partial charge in [0, 0.05) is 13.0 Å². The summed E-state index contributed by atoms with van der Waals surface area (Å²) in [6, 6.07) is 0. The van der Waals surface area contributed by atoms with E-state index in [1.54, 1.807) is 0 Å². The van der Waals surface area contributed by atoms with E-state index in [4.69, 9.17) is 6.42 Å². The van der Waals surface area contributed by atoms with Gasteiger partial charge in [-0.05, 0) is 6.42 Å². The number of aromatic amines is 1. The zero-order valence-electron chi connectivity index (χ0n) is 7.08. The molecular formula is C8H10N4O. The quantitative estimate of drug-likeness (QED) is 0.501. The summed E-state index contributed by atoms with van der Waals surface area (Å²) in [6.45, 7) is 0.559. The summed E-state index contributed by atoms with van der Waals surface area (Å²) in [4.78, 5) is 14.9. The van der Waals surface area contributed by atoms with Gasteiger partial charge in [-0.2, -0.15) is 5.10 Å². The predicted octanol–water partition coefficient (Wildman–Crippen LogP) is -0.0521. The number of nitrogens with one attached hydrogen (secondary N) is 2. The first-order valence-electron chi connectivity index (χ1n) is 3.91. The molecule has 0 aliphatic rings. The third-order valence-electron chi connectivity index (χ3n) is 1.41. The van der Waals surface area contributed by atoms with Crippen LogP contribution in [0.15, 0.2) is 6.33 Å². The molecule has 5 nitrogen and oxygen atoms in total. The van der Waals surface area contributed by atoms with Crippen molar-refractivity contribution < 1.29 is 4.79 Å². The second-order valence-corrected chi connectivity index (χ2v) is 2.40. The lowest BCUT2D eigenvalue weighted by Gasteiger charge is -1.99. The van der Waals surface area contributed by atoms with Crippen molar-refractivity contribution in [3.8, 4) is 12.3 Å². The van der Waals surface area contributed by atoms with Crippen LogP contribution in [0, 0.1) is 12.3 Å². The Labute approximate surface area is 75.9 Å². The van der Waals surface area contributed by atoms with Gasteiger partial charge in [0.15, 0.2) is 0 Å². The van der Waals surface area contributed by atoms with E-state index in [0.717, 1.165) is 6.42 Å². The fourth-order valence-corrected chi connectivity index (χ4v) is 0.791. The van der Waals surface area contributed by atoms with E-state index >= 15 is 0 Å². The molecule has 2 N–H and O–H groups in total. The molecule has 0 fully saturated rings.